The fourth-order valence-corrected chi connectivity index (χ4v) is 4.14. The van der Waals surface area contributed by atoms with Crippen molar-refractivity contribution in [2.24, 2.45) is 5.92 Å². The molecule has 0 aliphatic heterocycles. The highest BCUT2D eigenvalue weighted by atomic mass is 32.2. The van der Waals surface area contributed by atoms with Gasteiger partial charge in [-0.05, 0) is 38.3 Å². The highest BCUT2D eigenvalue weighted by molar-refractivity contribution is 7.90. The lowest BCUT2D eigenvalue weighted by atomic mass is 10.2. The molecule has 1 saturated carbocycles. The molecule has 0 saturated heterocycles. The van der Waals surface area contributed by atoms with E-state index < -0.39 is 9.84 Å². The molecule has 1 aromatic heterocycles. The Hall–Kier alpha value is -1.30. The zero-order valence-electron chi connectivity index (χ0n) is 14.4. The van der Waals surface area contributed by atoms with Gasteiger partial charge in [-0.15, -0.1) is 0 Å². The molecule has 0 unspecified atom stereocenters. The zero-order chi connectivity index (χ0) is 17.2. The fourth-order valence-electron chi connectivity index (χ4n) is 3.08. The molecule has 0 bridgehead atoms. The number of carbonyl (C=O) groups is 1. The minimum atomic E-state index is -3.10. The summed E-state index contributed by atoms with van der Waals surface area (Å²) < 4.78 is 28.6. The minimum absolute atomic E-state index is 0.00293. The predicted molar refractivity (Wildman–Crippen MR) is 90.1 cm³/mol. The molecule has 1 heterocycles. The van der Waals surface area contributed by atoms with Crippen molar-refractivity contribution in [3.8, 4) is 0 Å². The first-order valence-electron chi connectivity index (χ1n) is 8.27. The number of aryl methyl sites for hydroxylation is 1. The summed E-state index contributed by atoms with van der Waals surface area (Å²) in [5, 5.41) is 0. The Morgan fingerprint density at radius 3 is 2.61 bits per heavy atom. The van der Waals surface area contributed by atoms with Crippen LogP contribution in [0.3, 0.4) is 0 Å². The SMILES string of the molecule is CCN(C(=O)CCc1ccc([C@@H]2C[C@H]2C)o1)[C@@H](C)CS(C)(=O)=O. The first-order chi connectivity index (χ1) is 10.7. The van der Waals surface area contributed by atoms with Crippen LogP contribution < -0.4 is 0 Å². The molecule has 6 heteroatoms. The van der Waals surface area contributed by atoms with E-state index in [1.54, 1.807) is 11.8 Å². The highest BCUT2D eigenvalue weighted by Gasteiger charge is 2.36. The summed E-state index contributed by atoms with van der Waals surface area (Å²) in [5.74, 6) is 3.07. The van der Waals surface area contributed by atoms with Crippen LogP contribution in [0.4, 0.5) is 0 Å². The number of amides is 1. The van der Waals surface area contributed by atoms with Gasteiger partial charge >= 0.3 is 0 Å². The van der Waals surface area contributed by atoms with Crippen molar-refractivity contribution in [1.29, 1.82) is 0 Å². The Balaban J connectivity index is 1.88. The molecule has 130 valence electrons. The van der Waals surface area contributed by atoms with Crippen LogP contribution in [-0.4, -0.2) is 43.8 Å². The molecule has 1 aliphatic carbocycles. The largest absolute Gasteiger partial charge is 0.466 e. The Labute approximate surface area is 139 Å². The van der Waals surface area contributed by atoms with Crippen LogP contribution in [0.15, 0.2) is 16.5 Å². The third-order valence-electron chi connectivity index (χ3n) is 4.48. The standard InChI is InChI=1S/C17H27NO4S/c1-5-18(13(3)11-23(4,20)21)17(19)9-7-14-6-8-16(22-14)15-10-12(15)2/h6,8,12-13,15H,5,7,9-11H2,1-4H3/t12-,13+,15-/m1/s1. The molecular weight excluding hydrogens is 314 g/mol. The minimum Gasteiger partial charge on any atom is -0.466 e. The summed E-state index contributed by atoms with van der Waals surface area (Å²) in [7, 11) is -3.10. The molecule has 5 nitrogen and oxygen atoms in total. The number of hydrogen-bond acceptors (Lipinski definition) is 4. The van der Waals surface area contributed by atoms with Gasteiger partial charge in [-0.25, -0.2) is 8.42 Å². The molecule has 1 amide bonds. The summed E-state index contributed by atoms with van der Waals surface area (Å²) >= 11 is 0. The van der Waals surface area contributed by atoms with Crippen molar-refractivity contribution in [2.75, 3.05) is 18.6 Å². The third kappa shape index (κ3) is 5.09. The molecule has 1 aliphatic rings. The van der Waals surface area contributed by atoms with E-state index in [-0.39, 0.29) is 17.7 Å². The Morgan fingerprint density at radius 1 is 1.43 bits per heavy atom. The van der Waals surface area contributed by atoms with E-state index in [1.807, 2.05) is 19.1 Å². The number of carbonyl (C=O) groups excluding carboxylic acids is 1. The van der Waals surface area contributed by atoms with Crippen LogP contribution >= 0.6 is 0 Å². The lowest BCUT2D eigenvalue weighted by molar-refractivity contribution is -0.132. The van der Waals surface area contributed by atoms with Crippen molar-refractivity contribution in [2.45, 2.75) is 52.0 Å². The van der Waals surface area contributed by atoms with Crippen molar-refractivity contribution < 1.29 is 17.6 Å². The van der Waals surface area contributed by atoms with Crippen molar-refractivity contribution >= 4 is 15.7 Å². The molecule has 1 aromatic rings. The number of furan rings is 1. The monoisotopic (exact) mass is 341 g/mol. The third-order valence-corrected chi connectivity index (χ3v) is 5.57. The van der Waals surface area contributed by atoms with Crippen LogP contribution in [0, 0.1) is 5.92 Å². The lowest BCUT2D eigenvalue weighted by Gasteiger charge is -2.27. The zero-order valence-corrected chi connectivity index (χ0v) is 15.2. The molecule has 3 atom stereocenters. The van der Waals surface area contributed by atoms with Crippen molar-refractivity contribution in [1.82, 2.24) is 4.90 Å². The van der Waals surface area contributed by atoms with Gasteiger partial charge in [0.1, 0.15) is 21.4 Å². The Bertz CT molecular complexity index is 649. The summed E-state index contributed by atoms with van der Waals surface area (Å²) in [6.45, 7) is 6.37. The van der Waals surface area contributed by atoms with E-state index in [4.69, 9.17) is 4.42 Å². The number of hydrogen-bond donors (Lipinski definition) is 0. The number of nitrogens with zero attached hydrogens (tertiary/aromatic N) is 1. The van der Waals surface area contributed by atoms with Gasteiger partial charge in [-0.2, -0.15) is 0 Å². The van der Waals surface area contributed by atoms with Gasteiger partial charge in [0, 0.05) is 37.6 Å². The van der Waals surface area contributed by atoms with Gasteiger partial charge in [-0.1, -0.05) is 6.92 Å². The molecule has 0 N–H and O–H groups in total. The van der Waals surface area contributed by atoms with E-state index in [9.17, 15) is 13.2 Å². The van der Waals surface area contributed by atoms with Crippen molar-refractivity contribution in [3.63, 3.8) is 0 Å². The normalized spacial score (nSPS) is 21.9. The molecule has 2 rings (SSSR count). The number of rotatable bonds is 8. The average Bonchev–Trinajstić information content (AvgIpc) is 2.98. The first-order valence-corrected chi connectivity index (χ1v) is 10.3. The van der Waals surface area contributed by atoms with Gasteiger partial charge < -0.3 is 9.32 Å². The summed E-state index contributed by atoms with van der Waals surface area (Å²) in [6.07, 6.45) is 3.28. The lowest BCUT2D eigenvalue weighted by Crippen LogP contribution is -2.42. The fraction of sp³-hybridized carbons (Fsp3) is 0.706. The van der Waals surface area contributed by atoms with Gasteiger partial charge in [0.05, 0.1) is 5.75 Å². The van der Waals surface area contributed by atoms with Crippen LogP contribution in [-0.2, 0) is 21.1 Å². The maximum Gasteiger partial charge on any atom is 0.223 e. The van der Waals surface area contributed by atoms with Crippen molar-refractivity contribution in [3.05, 3.63) is 23.7 Å². The Kier molecular flexibility index (Phi) is 5.55. The average molecular weight is 341 g/mol. The van der Waals surface area contributed by atoms with E-state index in [1.165, 1.54) is 12.7 Å². The smallest absolute Gasteiger partial charge is 0.223 e. The molecule has 23 heavy (non-hydrogen) atoms. The van der Waals surface area contributed by atoms with Crippen LogP contribution in [0.5, 0.6) is 0 Å². The first kappa shape index (κ1) is 18.0. The maximum atomic E-state index is 12.4. The van der Waals surface area contributed by atoms with Gasteiger partial charge in [-0.3, -0.25) is 4.79 Å². The van der Waals surface area contributed by atoms with E-state index in [0.29, 0.717) is 31.2 Å². The quantitative estimate of drug-likeness (QED) is 0.729. The van der Waals surface area contributed by atoms with E-state index in [0.717, 1.165) is 11.5 Å². The maximum absolute atomic E-state index is 12.4. The second kappa shape index (κ2) is 7.07. The van der Waals surface area contributed by atoms with E-state index >= 15 is 0 Å². The molecule has 0 spiro atoms. The van der Waals surface area contributed by atoms with Gasteiger partial charge in [0.15, 0.2) is 0 Å². The molecule has 0 radical (unpaired) electrons. The second-order valence-corrected chi connectivity index (χ2v) is 8.93. The summed E-state index contributed by atoms with van der Waals surface area (Å²) in [6, 6.07) is 3.66. The summed E-state index contributed by atoms with van der Waals surface area (Å²) in [4.78, 5) is 14.0. The summed E-state index contributed by atoms with van der Waals surface area (Å²) in [5.41, 5.74) is 0. The van der Waals surface area contributed by atoms with E-state index in [2.05, 4.69) is 6.92 Å². The highest BCUT2D eigenvalue weighted by Crippen LogP contribution is 2.47. The predicted octanol–water partition coefficient (Wildman–Crippen LogP) is 2.62. The molecule has 1 fully saturated rings. The van der Waals surface area contributed by atoms with Crippen LogP contribution in [0.2, 0.25) is 0 Å². The number of sulfone groups is 1. The molecule has 0 aromatic carbocycles. The Morgan fingerprint density at radius 2 is 2.09 bits per heavy atom. The topological polar surface area (TPSA) is 67.6 Å². The van der Waals surface area contributed by atoms with Gasteiger partial charge in [0.25, 0.3) is 0 Å². The van der Waals surface area contributed by atoms with Gasteiger partial charge in [0.2, 0.25) is 5.91 Å². The molecular formula is C17H27NO4S. The van der Waals surface area contributed by atoms with Crippen LogP contribution in [0.25, 0.3) is 0 Å². The van der Waals surface area contributed by atoms with Crippen LogP contribution in [0.1, 0.15) is 51.1 Å². The second-order valence-electron chi connectivity index (χ2n) is 6.74.